The van der Waals surface area contributed by atoms with Gasteiger partial charge in [0.05, 0.1) is 0 Å². The second-order valence-corrected chi connectivity index (χ2v) is 3.33. The molecular weight excluding hydrogens is 110 g/mol. The highest BCUT2D eigenvalue weighted by molar-refractivity contribution is 4.70. The van der Waals surface area contributed by atoms with Gasteiger partial charge >= 0.3 is 0 Å². The number of rotatable bonds is 1. The van der Waals surface area contributed by atoms with Gasteiger partial charge in [-0.2, -0.15) is 0 Å². The standard InChI is InChI=1S/C8H17N.H2/c1-7(2)8-3-5-9-6-4-8;/h7-9H,3-6H2,1-2H3;1H. The Morgan fingerprint density at radius 3 is 2.22 bits per heavy atom. The van der Waals surface area contributed by atoms with Crippen molar-refractivity contribution in [3.05, 3.63) is 0 Å². The fourth-order valence-corrected chi connectivity index (χ4v) is 1.51. The molecule has 1 heteroatoms. The van der Waals surface area contributed by atoms with Crippen LogP contribution in [0.5, 0.6) is 0 Å². The molecule has 1 nitrogen and oxygen atoms in total. The van der Waals surface area contributed by atoms with Gasteiger partial charge in [-0.05, 0) is 37.8 Å². The molecule has 0 unspecified atom stereocenters. The number of piperidine rings is 1. The molecule has 1 N–H and O–H groups in total. The van der Waals surface area contributed by atoms with Crippen molar-refractivity contribution in [2.24, 2.45) is 11.8 Å². The molecule has 1 heterocycles. The van der Waals surface area contributed by atoms with E-state index in [4.69, 9.17) is 0 Å². The largest absolute Gasteiger partial charge is 0.317 e. The van der Waals surface area contributed by atoms with Crippen LogP contribution in [-0.4, -0.2) is 13.1 Å². The van der Waals surface area contributed by atoms with Gasteiger partial charge in [-0.25, -0.2) is 0 Å². The first-order valence-electron chi connectivity index (χ1n) is 4.01. The number of hydrogen-bond acceptors (Lipinski definition) is 1. The molecule has 0 saturated carbocycles. The van der Waals surface area contributed by atoms with Crippen molar-refractivity contribution in [2.75, 3.05) is 13.1 Å². The minimum absolute atomic E-state index is 0. The van der Waals surface area contributed by atoms with Gasteiger partial charge in [-0.3, -0.25) is 0 Å². The second kappa shape index (κ2) is 3.21. The summed E-state index contributed by atoms with van der Waals surface area (Å²) in [4.78, 5) is 0. The Morgan fingerprint density at radius 2 is 1.89 bits per heavy atom. The van der Waals surface area contributed by atoms with E-state index in [1.54, 1.807) is 0 Å². The van der Waals surface area contributed by atoms with Gasteiger partial charge < -0.3 is 5.32 Å². The van der Waals surface area contributed by atoms with E-state index in [0.717, 1.165) is 11.8 Å². The Balaban J connectivity index is 0.000000810. The Bertz CT molecular complexity index is 77.3. The van der Waals surface area contributed by atoms with Gasteiger partial charge in [0.25, 0.3) is 0 Å². The van der Waals surface area contributed by atoms with Crippen molar-refractivity contribution >= 4 is 0 Å². The van der Waals surface area contributed by atoms with Crippen LogP contribution in [0.1, 0.15) is 28.1 Å². The molecule has 0 radical (unpaired) electrons. The maximum Gasteiger partial charge on any atom is 0 e. The Morgan fingerprint density at radius 1 is 1.33 bits per heavy atom. The van der Waals surface area contributed by atoms with E-state index in [1.165, 1.54) is 25.9 Å². The minimum atomic E-state index is 0. The molecule has 56 valence electrons. The molecule has 0 aromatic carbocycles. The smallest absolute Gasteiger partial charge is 0 e. The first-order valence-corrected chi connectivity index (χ1v) is 4.01. The lowest BCUT2D eigenvalue weighted by molar-refractivity contribution is 0.292. The Labute approximate surface area is 59.3 Å². The lowest BCUT2D eigenvalue weighted by atomic mass is 9.87. The van der Waals surface area contributed by atoms with Crippen molar-refractivity contribution < 1.29 is 1.43 Å². The molecule has 0 bridgehead atoms. The summed E-state index contributed by atoms with van der Waals surface area (Å²) in [5.74, 6) is 1.89. The van der Waals surface area contributed by atoms with Crippen LogP contribution in [0.2, 0.25) is 0 Å². The topological polar surface area (TPSA) is 12.0 Å². The molecule has 1 aliphatic rings. The molecule has 0 aromatic heterocycles. The van der Waals surface area contributed by atoms with E-state index in [9.17, 15) is 0 Å². The van der Waals surface area contributed by atoms with Gasteiger partial charge in [0.1, 0.15) is 0 Å². The summed E-state index contributed by atoms with van der Waals surface area (Å²) in [6.45, 7) is 7.14. The average Bonchev–Trinajstić information content (AvgIpc) is 1.90. The zero-order valence-corrected chi connectivity index (χ0v) is 6.48. The van der Waals surface area contributed by atoms with E-state index >= 15 is 0 Å². The molecule has 0 aromatic rings. The lowest BCUT2D eigenvalue weighted by Crippen LogP contribution is -2.29. The van der Waals surface area contributed by atoms with E-state index in [-0.39, 0.29) is 1.43 Å². The summed E-state index contributed by atoms with van der Waals surface area (Å²) in [7, 11) is 0. The van der Waals surface area contributed by atoms with E-state index < -0.39 is 0 Å². The second-order valence-electron chi connectivity index (χ2n) is 3.33. The predicted molar refractivity (Wildman–Crippen MR) is 42.5 cm³/mol. The van der Waals surface area contributed by atoms with Crippen LogP contribution in [0.25, 0.3) is 0 Å². The maximum absolute atomic E-state index is 3.37. The van der Waals surface area contributed by atoms with Gasteiger partial charge in [-0.15, -0.1) is 0 Å². The van der Waals surface area contributed by atoms with E-state index in [1.807, 2.05) is 0 Å². The first-order chi connectivity index (χ1) is 4.30. The van der Waals surface area contributed by atoms with Crippen LogP contribution < -0.4 is 5.32 Å². The molecule has 0 spiro atoms. The van der Waals surface area contributed by atoms with Crippen molar-refractivity contribution in [3.63, 3.8) is 0 Å². The number of hydrogen-bond donors (Lipinski definition) is 1. The zero-order valence-electron chi connectivity index (χ0n) is 6.48. The maximum atomic E-state index is 3.37. The van der Waals surface area contributed by atoms with Gasteiger partial charge in [0, 0.05) is 1.43 Å². The predicted octanol–water partition coefficient (Wildman–Crippen LogP) is 1.89. The fourth-order valence-electron chi connectivity index (χ4n) is 1.51. The summed E-state index contributed by atoms with van der Waals surface area (Å²) in [6.07, 6.45) is 2.77. The molecule has 9 heavy (non-hydrogen) atoms. The van der Waals surface area contributed by atoms with Crippen LogP contribution in [0, 0.1) is 11.8 Å². The summed E-state index contributed by atoms with van der Waals surface area (Å²) in [5.41, 5.74) is 0. The van der Waals surface area contributed by atoms with Gasteiger partial charge in [0.15, 0.2) is 0 Å². The molecule has 0 amide bonds. The average molecular weight is 129 g/mol. The van der Waals surface area contributed by atoms with Crippen LogP contribution in [0.4, 0.5) is 0 Å². The molecule has 1 rings (SSSR count). The fraction of sp³-hybridized carbons (Fsp3) is 1.00. The third kappa shape index (κ3) is 1.98. The monoisotopic (exact) mass is 129 g/mol. The lowest BCUT2D eigenvalue weighted by Gasteiger charge is -2.25. The minimum Gasteiger partial charge on any atom is -0.317 e. The first kappa shape index (κ1) is 7.07. The Kier molecular flexibility index (Phi) is 2.52. The summed E-state index contributed by atoms with van der Waals surface area (Å²) in [6, 6.07) is 0. The van der Waals surface area contributed by atoms with Crippen molar-refractivity contribution in [1.29, 1.82) is 0 Å². The Hall–Kier alpha value is -0.0400. The normalized spacial score (nSPS) is 23.0. The summed E-state index contributed by atoms with van der Waals surface area (Å²) >= 11 is 0. The number of nitrogens with one attached hydrogen (secondary N) is 1. The van der Waals surface area contributed by atoms with Crippen LogP contribution in [-0.2, 0) is 0 Å². The SMILES string of the molecule is CC(C)C1CCNCC1.[HH]. The molecule has 1 saturated heterocycles. The van der Waals surface area contributed by atoms with Crippen molar-refractivity contribution in [1.82, 2.24) is 5.32 Å². The summed E-state index contributed by atoms with van der Waals surface area (Å²) < 4.78 is 0. The molecule has 0 aliphatic carbocycles. The summed E-state index contributed by atoms with van der Waals surface area (Å²) in [5, 5.41) is 3.37. The molecule has 0 atom stereocenters. The molecule has 1 fully saturated rings. The highest BCUT2D eigenvalue weighted by atomic mass is 14.9. The van der Waals surface area contributed by atoms with Gasteiger partial charge in [-0.1, -0.05) is 13.8 Å². The van der Waals surface area contributed by atoms with Crippen LogP contribution in [0.15, 0.2) is 0 Å². The van der Waals surface area contributed by atoms with Crippen LogP contribution >= 0.6 is 0 Å². The molecular formula is C8H19N. The van der Waals surface area contributed by atoms with Gasteiger partial charge in [0.2, 0.25) is 0 Å². The van der Waals surface area contributed by atoms with Crippen molar-refractivity contribution in [3.8, 4) is 0 Å². The van der Waals surface area contributed by atoms with E-state index in [0.29, 0.717) is 0 Å². The van der Waals surface area contributed by atoms with Crippen LogP contribution in [0.3, 0.4) is 0 Å². The third-order valence-electron chi connectivity index (χ3n) is 2.33. The highest BCUT2D eigenvalue weighted by Crippen LogP contribution is 2.20. The third-order valence-corrected chi connectivity index (χ3v) is 2.33. The molecule has 1 aliphatic heterocycles. The highest BCUT2D eigenvalue weighted by Gasteiger charge is 2.15. The van der Waals surface area contributed by atoms with E-state index in [2.05, 4.69) is 19.2 Å². The van der Waals surface area contributed by atoms with Crippen molar-refractivity contribution in [2.45, 2.75) is 26.7 Å². The quantitative estimate of drug-likeness (QED) is 0.570. The zero-order chi connectivity index (χ0) is 6.69.